The van der Waals surface area contributed by atoms with Crippen molar-refractivity contribution in [1.29, 1.82) is 5.41 Å². The molecule has 5 N–H and O–H groups in total. The predicted octanol–water partition coefficient (Wildman–Crippen LogP) is 0.315. The Hall–Kier alpha value is -1.26. The summed E-state index contributed by atoms with van der Waals surface area (Å²) in [6.45, 7) is 7.23. The molecule has 0 aromatic rings. The largest absolute Gasteiger partial charge is 0.370 e. The Morgan fingerprint density at radius 2 is 2.07 bits per heavy atom. The lowest BCUT2D eigenvalue weighted by Crippen LogP contribution is -2.42. The highest BCUT2D eigenvalue weighted by Crippen LogP contribution is 2.32. The highest BCUT2D eigenvalue weighted by atomic mass is 15.3. The van der Waals surface area contributed by atoms with Gasteiger partial charge in [0, 0.05) is 12.1 Å². The van der Waals surface area contributed by atoms with Gasteiger partial charge in [0.15, 0.2) is 5.96 Å². The van der Waals surface area contributed by atoms with Crippen molar-refractivity contribution in [3.8, 4) is 0 Å². The van der Waals surface area contributed by atoms with Crippen LogP contribution < -0.4 is 11.5 Å². The van der Waals surface area contributed by atoms with Gasteiger partial charge < -0.3 is 16.4 Å². The monoisotopic (exact) mass is 197 g/mol. The third-order valence-electron chi connectivity index (χ3n) is 2.56. The van der Waals surface area contributed by atoms with Gasteiger partial charge in [-0.25, -0.2) is 0 Å². The lowest BCUT2D eigenvalue weighted by Gasteiger charge is -2.31. The van der Waals surface area contributed by atoms with Crippen LogP contribution in [-0.2, 0) is 0 Å². The normalized spacial score (nSPS) is 24.8. The third-order valence-corrected chi connectivity index (χ3v) is 2.56. The Balaban J connectivity index is 2.78. The second-order valence-corrected chi connectivity index (χ2v) is 4.59. The average Bonchev–Trinajstić information content (AvgIpc) is 2.22. The zero-order chi connectivity index (χ0) is 10.9. The van der Waals surface area contributed by atoms with Crippen LogP contribution >= 0.6 is 0 Å². The number of nitrogens with two attached hydrogens (primary N) is 2. The van der Waals surface area contributed by atoms with Crippen LogP contribution in [0.3, 0.4) is 0 Å². The molecule has 5 heteroatoms. The number of hydrogen-bond donors (Lipinski definition) is 3. The molecule has 0 aromatic carbocycles. The van der Waals surface area contributed by atoms with Gasteiger partial charge >= 0.3 is 0 Å². The van der Waals surface area contributed by atoms with E-state index >= 15 is 0 Å². The van der Waals surface area contributed by atoms with Crippen LogP contribution in [0.5, 0.6) is 0 Å². The molecule has 1 aliphatic rings. The van der Waals surface area contributed by atoms with Crippen LogP contribution in [-0.4, -0.2) is 28.9 Å². The predicted molar refractivity (Wildman–Crippen MR) is 58.1 cm³/mol. The molecule has 0 bridgehead atoms. The fraction of sp³-hybridized carbons (Fsp3) is 0.778. The van der Waals surface area contributed by atoms with E-state index in [0.717, 1.165) is 13.0 Å². The van der Waals surface area contributed by atoms with Gasteiger partial charge in [-0.1, -0.05) is 6.92 Å². The van der Waals surface area contributed by atoms with E-state index in [0.29, 0.717) is 5.92 Å². The maximum Gasteiger partial charge on any atom is 0.221 e. The SMILES string of the molecule is CC1CN(C(=N)N=C(N)N)C(C)(C)C1. The first kappa shape index (κ1) is 10.8. The second kappa shape index (κ2) is 3.48. The average molecular weight is 197 g/mol. The number of hydrogen-bond acceptors (Lipinski definition) is 1. The molecular weight excluding hydrogens is 178 g/mol. The first-order valence-corrected chi connectivity index (χ1v) is 4.79. The molecule has 0 aromatic heterocycles. The minimum Gasteiger partial charge on any atom is -0.370 e. The number of nitrogens with zero attached hydrogens (tertiary/aromatic N) is 2. The lowest BCUT2D eigenvalue weighted by molar-refractivity contribution is 0.277. The zero-order valence-corrected chi connectivity index (χ0v) is 9.04. The minimum absolute atomic E-state index is 0.0184. The molecule has 1 unspecified atom stereocenters. The van der Waals surface area contributed by atoms with Gasteiger partial charge in [0.1, 0.15) is 0 Å². The van der Waals surface area contributed by atoms with Crippen LogP contribution in [0.1, 0.15) is 27.2 Å². The minimum atomic E-state index is -0.0506. The van der Waals surface area contributed by atoms with E-state index in [4.69, 9.17) is 16.9 Å². The van der Waals surface area contributed by atoms with Crippen molar-refractivity contribution in [2.75, 3.05) is 6.54 Å². The Labute approximate surface area is 84.7 Å². The molecule has 1 heterocycles. The summed E-state index contributed by atoms with van der Waals surface area (Å²) in [5, 5.41) is 7.74. The molecule has 1 saturated heterocycles. The summed E-state index contributed by atoms with van der Waals surface area (Å²) < 4.78 is 0. The van der Waals surface area contributed by atoms with E-state index in [-0.39, 0.29) is 17.5 Å². The molecule has 0 spiro atoms. The number of likely N-dealkylation sites (tertiary alicyclic amines) is 1. The van der Waals surface area contributed by atoms with Crippen molar-refractivity contribution < 1.29 is 0 Å². The van der Waals surface area contributed by atoms with Gasteiger partial charge in [-0.05, 0) is 26.2 Å². The van der Waals surface area contributed by atoms with Crippen LogP contribution in [0.15, 0.2) is 4.99 Å². The molecule has 1 fully saturated rings. The van der Waals surface area contributed by atoms with Gasteiger partial charge in [0.25, 0.3) is 0 Å². The first-order chi connectivity index (χ1) is 6.33. The molecular formula is C9H19N5. The zero-order valence-electron chi connectivity index (χ0n) is 9.04. The Morgan fingerprint density at radius 3 is 2.43 bits per heavy atom. The van der Waals surface area contributed by atoms with Gasteiger partial charge in [-0.3, -0.25) is 5.41 Å². The summed E-state index contributed by atoms with van der Waals surface area (Å²) in [7, 11) is 0. The van der Waals surface area contributed by atoms with E-state index in [1.54, 1.807) is 0 Å². The van der Waals surface area contributed by atoms with Crippen molar-refractivity contribution in [3.63, 3.8) is 0 Å². The summed E-state index contributed by atoms with van der Waals surface area (Å²) in [6.07, 6.45) is 1.06. The van der Waals surface area contributed by atoms with Crippen LogP contribution in [0.25, 0.3) is 0 Å². The summed E-state index contributed by atoms with van der Waals surface area (Å²) in [5.41, 5.74) is 10.5. The summed E-state index contributed by atoms with van der Waals surface area (Å²) in [5.74, 6) is 0.698. The second-order valence-electron chi connectivity index (χ2n) is 4.59. The number of guanidine groups is 2. The number of aliphatic imine (C=N–C) groups is 1. The van der Waals surface area contributed by atoms with Gasteiger partial charge in [-0.15, -0.1) is 0 Å². The van der Waals surface area contributed by atoms with Gasteiger partial charge in [0.2, 0.25) is 5.96 Å². The fourth-order valence-electron chi connectivity index (χ4n) is 2.14. The molecule has 0 amide bonds. The van der Waals surface area contributed by atoms with Crippen molar-refractivity contribution in [3.05, 3.63) is 0 Å². The molecule has 1 atom stereocenters. The van der Waals surface area contributed by atoms with Crippen LogP contribution in [0.4, 0.5) is 0 Å². The number of nitrogens with one attached hydrogen (secondary N) is 1. The highest BCUT2D eigenvalue weighted by Gasteiger charge is 2.37. The van der Waals surface area contributed by atoms with Gasteiger partial charge in [0.05, 0.1) is 0 Å². The molecule has 1 rings (SSSR count). The Kier molecular flexibility index (Phi) is 2.69. The molecule has 5 nitrogen and oxygen atoms in total. The molecule has 0 saturated carbocycles. The standard InChI is InChI=1S/C9H19N5/c1-6-4-9(2,3)14(5-6)8(12)13-7(10)11/h6H,4-5H2,1-3H3,(H5,10,11,12,13). The van der Waals surface area contributed by atoms with Crippen molar-refractivity contribution in [1.82, 2.24) is 4.90 Å². The molecule has 80 valence electrons. The summed E-state index contributed by atoms with van der Waals surface area (Å²) >= 11 is 0. The molecule has 0 aliphatic carbocycles. The van der Waals surface area contributed by atoms with Crippen molar-refractivity contribution in [2.45, 2.75) is 32.7 Å². The highest BCUT2D eigenvalue weighted by molar-refractivity contribution is 5.92. The maximum absolute atomic E-state index is 7.74. The quantitative estimate of drug-likeness (QED) is 0.385. The van der Waals surface area contributed by atoms with E-state index in [2.05, 4.69) is 25.8 Å². The molecule has 14 heavy (non-hydrogen) atoms. The van der Waals surface area contributed by atoms with Crippen molar-refractivity contribution >= 4 is 11.9 Å². The van der Waals surface area contributed by atoms with Crippen LogP contribution in [0.2, 0.25) is 0 Å². The molecule has 0 radical (unpaired) electrons. The maximum atomic E-state index is 7.74. The summed E-state index contributed by atoms with van der Waals surface area (Å²) in [4.78, 5) is 5.71. The van der Waals surface area contributed by atoms with Gasteiger partial charge in [-0.2, -0.15) is 4.99 Å². The van der Waals surface area contributed by atoms with Crippen LogP contribution in [0, 0.1) is 11.3 Å². The molecule has 1 aliphatic heterocycles. The van der Waals surface area contributed by atoms with E-state index in [9.17, 15) is 0 Å². The number of rotatable bonds is 0. The van der Waals surface area contributed by atoms with E-state index in [1.807, 2.05) is 4.90 Å². The lowest BCUT2D eigenvalue weighted by atomic mass is 9.98. The topological polar surface area (TPSA) is 91.5 Å². The third kappa shape index (κ3) is 2.16. The Morgan fingerprint density at radius 1 is 1.50 bits per heavy atom. The fourth-order valence-corrected chi connectivity index (χ4v) is 2.14. The van der Waals surface area contributed by atoms with Crippen molar-refractivity contribution in [2.24, 2.45) is 22.4 Å². The Bertz CT molecular complexity index is 264. The smallest absolute Gasteiger partial charge is 0.221 e. The van der Waals surface area contributed by atoms with E-state index in [1.165, 1.54) is 0 Å². The van der Waals surface area contributed by atoms with E-state index < -0.39 is 0 Å². The first-order valence-electron chi connectivity index (χ1n) is 4.79. The summed E-state index contributed by atoms with van der Waals surface area (Å²) in [6, 6.07) is 0.